The van der Waals surface area contributed by atoms with Crippen LogP contribution in [-0.4, -0.2) is 4.98 Å². The molecule has 15 heavy (non-hydrogen) atoms. The van der Waals surface area contributed by atoms with Crippen molar-refractivity contribution in [2.75, 3.05) is 5.73 Å². The number of nitrogens with zero attached hydrogens (tertiary/aromatic N) is 3. The fraction of sp³-hybridized carbons (Fsp3) is 0.222. The van der Waals surface area contributed by atoms with Crippen LogP contribution < -0.4 is 5.73 Å². The summed E-state index contributed by atoms with van der Waals surface area (Å²) in [7, 11) is 0. The normalized spacial score (nSPS) is 9.67. The van der Waals surface area contributed by atoms with Crippen LogP contribution in [0.4, 0.5) is 14.5 Å². The van der Waals surface area contributed by atoms with Crippen molar-refractivity contribution < 1.29 is 8.78 Å². The lowest BCUT2D eigenvalue weighted by Crippen LogP contribution is -2.05. The molecule has 1 rings (SSSR count). The summed E-state index contributed by atoms with van der Waals surface area (Å²) in [6.45, 7) is 0. The Morgan fingerprint density at radius 3 is 2.60 bits per heavy atom. The Morgan fingerprint density at radius 2 is 2.13 bits per heavy atom. The molecule has 0 unspecified atom stereocenters. The van der Waals surface area contributed by atoms with Gasteiger partial charge in [-0.25, -0.2) is 13.8 Å². The van der Waals surface area contributed by atoms with Gasteiger partial charge in [-0.1, -0.05) is 0 Å². The first kappa shape index (κ1) is 10.9. The van der Waals surface area contributed by atoms with Crippen LogP contribution in [0.3, 0.4) is 0 Å². The maximum Gasteiger partial charge on any atom is 0.280 e. The molecule has 4 nitrogen and oxygen atoms in total. The lowest BCUT2D eigenvalue weighted by molar-refractivity contribution is 0.145. The highest BCUT2D eigenvalue weighted by Crippen LogP contribution is 2.26. The lowest BCUT2D eigenvalue weighted by Gasteiger charge is -2.08. The second kappa shape index (κ2) is 4.34. The van der Waals surface area contributed by atoms with Crippen molar-refractivity contribution in [2.45, 2.75) is 12.8 Å². The van der Waals surface area contributed by atoms with Gasteiger partial charge in [-0.2, -0.15) is 10.5 Å². The third kappa shape index (κ3) is 2.18. The van der Waals surface area contributed by atoms with Crippen molar-refractivity contribution in [1.29, 1.82) is 10.5 Å². The van der Waals surface area contributed by atoms with E-state index in [2.05, 4.69) is 4.98 Å². The van der Waals surface area contributed by atoms with E-state index in [1.54, 1.807) is 12.1 Å². The Bertz CT molecular complexity index is 456. The average molecular weight is 208 g/mol. The van der Waals surface area contributed by atoms with Crippen LogP contribution in [0, 0.1) is 22.7 Å². The van der Waals surface area contributed by atoms with E-state index in [0.717, 1.165) is 0 Å². The smallest absolute Gasteiger partial charge is 0.280 e. The van der Waals surface area contributed by atoms with E-state index < -0.39 is 12.1 Å². The Labute approximate surface area is 84.6 Å². The number of aromatic nitrogens is 1. The second-order valence-electron chi connectivity index (χ2n) is 2.71. The molecule has 0 spiro atoms. The highest BCUT2D eigenvalue weighted by atomic mass is 19.3. The summed E-state index contributed by atoms with van der Waals surface area (Å²) in [5, 5.41) is 16.9. The molecule has 0 aliphatic heterocycles. The van der Waals surface area contributed by atoms with E-state index in [0.29, 0.717) is 0 Å². The quantitative estimate of drug-likeness (QED) is 0.798. The summed E-state index contributed by atoms with van der Waals surface area (Å²) < 4.78 is 25.0. The molecule has 0 aromatic carbocycles. The van der Waals surface area contributed by atoms with Crippen molar-refractivity contribution in [1.82, 2.24) is 4.98 Å². The number of alkyl halides is 2. The molecule has 0 aliphatic carbocycles. The van der Waals surface area contributed by atoms with E-state index in [1.807, 2.05) is 0 Å². The number of nitriles is 2. The van der Waals surface area contributed by atoms with E-state index in [1.165, 1.54) is 6.07 Å². The van der Waals surface area contributed by atoms with Gasteiger partial charge in [0.25, 0.3) is 6.43 Å². The van der Waals surface area contributed by atoms with Crippen molar-refractivity contribution in [3.05, 3.63) is 23.0 Å². The first-order chi connectivity index (χ1) is 7.10. The van der Waals surface area contributed by atoms with Gasteiger partial charge in [0.1, 0.15) is 17.5 Å². The summed E-state index contributed by atoms with van der Waals surface area (Å²) in [4.78, 5) is 3.43. The molecule has 0 amide bonds. The zero-order chi connectivity index (χ0) is 11.4. The minimum absolute atomic E-state index is 0.00148. The van der Waals surface area contributed by atoms with Gasteiger partial charge >= 0.3 is 0 Å². The number of nitrogen functional groups attached to an aromatic ring is 1. The predicted molar refractivity (Wildman–Crippen MR) is 47.6 cm³/mol. The summed E-state index contributed by atoms with van der Waals surface area (Å²) in [5.74, 6) is 0. The molecular weight excluding hydrogens is 202 g/mol. The van der Waals surface area contributed by atoms with Gasteiger partial charge in [0.15, 0.2) is 0 Å². The molecule has 0 fully saturated rings. The van der Waals surface area contributed by atoms with E-state index in [9.17, 15) is 8.78 Å². The molecule has 0 bridgehead atoms. The van der Waals surface area contributed by atoms with Gasteiger partial charge < -0.3 is 5.73 Å². The standard InChI is InChI=1S/C9H6F2N4/c10-9(11)8-6(1-2-12)7(14)3-5(4-13)15-8/h3,9H,1H2,(H2,14,15). The van der Waals surface area contributed by atoms with Crippen molar-refractivity contribution in [2.24, 2.45) is 0 Å². The molecule has 1 heterocycles. The first-order valence-electron chi connectivity index (χ1n) is 3.94. The molecule has 1 aromatic heterocycles. The van der Waals surface area contributed by atoms with Gasteiger partial charge in [0.05, 0.1) is 12.5 Å². The summed E-state index contributed by atoms with van der Waals surface area (Å²) >= 11 is 0. The molecule has 76 valence electrons. The molecule has 2 N–H and O–H groups in total. The molecular formula is C9H6F2N4. The minimum atomic E-state index is -2.84. The van der Waals surface area contributed by atoms with Crippen LogP contribution in [0.25, 0.3) is 0 Å². The van der Waals surface area contributed by atoms with Gasteiger partial charge in [-0.15, -0.1) is 0 Å². The summed E-state index contributed by atoms with van der Waals surface area (Å²) in [6, 6.07) is 4.53. The topological polar surface area (TPSA) is 86.5 Å². The number of hydrogen-bond donors (Lipinski definition) is 1. The van der Waals surface area contributed by atoms with Gasteiger partial charge in [-0.05, 0) is 6.07 Å². The average Bonchev–Trinajstić information content (AvgIpc) is 2.20. The fourth-order valence-electron chi connectivity index (χ4n) is 1.12. The maximum absolute atomic E-state index is 12.5. The number of nitrogens with two attached hydrogens (primary N) is 1. The second-order valence-corrected chi connectivity index (χ2v) is 2.71. The number of pyridine rings is 1. The largest absolute Gasteiger partial charge is 0.398 e. The fourth-order valence-corrected chi connectivity index (χ4v) is 1.12. The predicted octanol–water partition coefficient (Wildman–Crippen LogP) is 1.54. The molecule has 0 aliphatic rings. The van der Waals surface area contributed by atoms with Gasteiger partial charge in [-0.3, -0.25) is 0 Å². The maximum atomic E-state index is 12.5. The van der Waals surface area contributed by atoms with Crippen molar-refractivity contribution >= 4 is 5.69 Å². The van der Waals surface area contributed by atoms with Crippen molar-refractivity contribution in [3.8, 4) is 12.1 Å². The number of hydrogen-bond acceptors (Lipinski definition) is 4. The third-order valence-electron chi connectivity index (χ3n) is 1.77. The van der Waals surface area contributed by atoms with Gasteiger partial charge in [0, 0.05) is 11.3 Å². The number of anilines is 1. The van der Waals surface area contributed by atoms with Crippen LogP contribution in [0.15, 0.2) is 6.07 Å². The zero-order valence-electron chi connectivity index (χ0n) is 7.54. The SMILES string of the molecule is N#CCc1c(N)cc(C#N)nc1C(F)F. The van der Waals surface area contributed by atoms with Crippen molar-refractivity contribution in [3.63, 3.8) is 0 Å². The monoisotopic (exact) mass is 208 g/mol. The van der Waals surface area contributed by atoms with E-state index in [-0.39, 0.29) is 23.4 Å². The number of halogens is 2. The van der Waals surface area contributed by atoms with Crippen LogP contribution in [0.2, 0.25) is 0 Å². The molecule has 0 atom stereocenters. The van der Waals surface area contributed by atoms with Crippen LogP contribution in [-0.2, 0) is 6.42 Å². The van der Waals surface area contributed by atoms with E-state index in [4.69, 9.17) is 16.3 Å². The molecule has 0 saturated heterocycles. The highest BCUT2D eigenvalue weighted by molar-refractivity contribution is 5.53. The summed E-state index contributed by atoms with van der Waals surface area (Å²) in [5.41, 5.74) is 4.67. The highest BCUT2D eigenvalue weighted by Gasteiger charge is 2.18. The lowest BCUT2D eigenvalue weighted by atomic mass is 10.1. The molecule has 1 aromatic rings. The minimum Gasteiger partial charge on any atom is -0.398 e. The molecule has 6 heteroatoms. The molecule has 0 saturated carbocycles. The van der Waals surface area contributed by atoms with E-state index >= 15 is 0 Å². The zero-order valence-corrected chi connectivity index (χ0v) is 7.54. The first-order valence-corrected chi connectivity index (χ1v) is 3.94. The van der Waals surface area contributed by atoms with Crippen LogP contribution >= 0.6 is 0 Å². The third-order valence-corrected chi connectivity index (χ3v) is 1.77. The molecule has 0 radical (unpaired) electrons. The summed E-state index contributed by atoms with van der Waals surface area (Å²) in [6.07, 6.45) is -3.09. The van der Waals surface area contributed by atoms with Crippen LogP contribution in [0.1, 0.15) is 23.4 Å². The number of rotatable bonds is 2. The Balaban J connectivity index is 3.38. The Kier molecular flexibility index (Phi) is 3.14. The van der Waals surface area contributed by atoms with Crippen LogP contribution in [0.5, 0.6) is 0 Å². The van der Waals surface area contributed by atoms with Gasteiger partial charge in [0.2, 0.25) is 0 Å². The Hall–Kier alpha value is -2.21. The Morgan fingerprint density at radius 1 is 1.47 bits per heavy atom.